The number of hydrogen-bond donors (Lipinski definition) is 0. The van der Waals surface area contributed by atoms with Crippen molar-refractivity contribution in [2.24, 2.45) is 0 Å². The first kappa shape index (κ1) is 9.37. The van der Waals surface area contributed by atoms with Crippen molar-refractivity contribution in [3.8, 4) is 5.75 Å². The fraction of sp³-hybridized carbons (Fsp3) is 0. The van der Waals surface area contributed by atoms with Gasteiger partial charge in [0.1, 0.15) is 5.75 Å². The van der Waals surface area contributed by atoms with Crippen LogP contribution in [0.4, 0.5) is 0 Å². The lowest BCUT2D eigenvalue weighted by Gasteiger charge is -2.03. The Balaban J connectivity index is 2.10. The smallest absolute Gasteiger partial charge is 0.207 e. The third kappa shape index (κ3) is 2.19. The van der Waals surface area contributed by atoms with Gasteiger partial charge in [-0.2, -0.15) is 0 Å². The van der Waals surface area contributed by atoms with Gasteiger partial charge in [-0.1, -0.05) is 24.3 Å². The van der Waals surface area contributed by atoms with E-state index in [0.29, 0.717) is 5.05 Å². The highest BCUT2D eigenvalue weighted by Gasteiger charge is 2.03. The molecule has 1 aromatic heterocycles. The van der Waals surface area contributed by atoms with Gasteiger partial charge in [0.25, 0.3) is 0 Å². The Morgan fingerprint density at radius 2 is 1.86 bits per heavy atom. The molecule has 0 aliphatic heterocycles. The topological polar surface area (TPSA) is 9.23 Å². The number of hydrogen-bond acceptors (Lipinski definition) is 3. The highest BCUT2D eigenvalue weighted by atomic mass is 32.1. The Labute approximate surface area is 92.0 Å². The van der Waals surface area contributed by atoms with Crippen LogP contribution in [0.15, 0.2) is 47.8 Å². The van der Waals surface area contributed by atoms with Crippen LogP contribution in [0.1, 0.15) is 4.88 Å². The van der Waals surface area contributed by atoms with Crippen molar-refractivity contribution in [1.29, 1.82) is 0 Å². The zero-order valence-corrected chi connectivity index (χ0v) is 8.98. The average Bonchev–Trinajstić information content (AvgIpc) is 2.72. The highest BCUT2D eigenvalue weighted by molar-refractivity contribution is 7.80. The van der Waals surface area contributed by atoms with Crippen molar-refractivity contribution in [2.75, 3.05) is 0 Å². The average molecular weight is 220 g/mol. The van der Waals surface area contributed by atoms with Gasteiger partial charge in [-0.15, -0.1) is 11.3 Å². The van der Waals surface area contributed by atoms with Crippen LogP contribution in [0.5, 0.6) is 5.75 Å². The highest BCUT2D eigenvalue weighted by Crippen LogP contribution is 2.15. The molecule has 2 rings (SSSR count). The van der Waals surface area contributed by atoms with Crippen molar-refractivity contribution in [2.45, 2.75) is 0 Å². The normalized spacial score (nSPS) is 9.71. The van der Waals surface area contributed by atoms with Gasteiger partial charge in [-0.3, -0.25) is 0 Å². The molecule has 0 saturated carbocycles. The molecular weight excluding hydrogens is 212 g/mol. The summed E-state index contributed by atoms with van der Waals surface area (Å²) in [6.45, 7) is 0. The van der Waals surface area contributed by atoms with E-state index >= 15 is 0 Å². The summed E-state index contributed by atoms with van der Waals surface area (Å²) >= 11 is 6.73. The number of ether oxygens (including phenoxy) is 1. The van der Waals surface area contributed by atoms with E-state index in [1.165, 1.54) is 0 Å². The van der Waals surface area contributed by atoms with Crippen LogP contribution in [0.3, 0.4) is 0 Å². The molecule has 0 bridgehead atoms. The van der Waals surface area contributed by atoms with Gasteiger partial charge < -0.3 is 4.74 Å². The third-order valence-corrected chi connectivity index (χ3v) is 2.98. The van der Waals surface area contributed by atoms with Crippen molar-refractivity contribution in [1.82, 2.24) is 0 Å². The molecule has 0 aliphatic carbocycles. The molecule has 0 atom stereocenters. The molecule has 1 heterocycles. The summed E-state index contributed by atoms with van der Waals surface area (Å²) in [5.74, 6) is 0.783. The van der Waals surface area contributed by atoms with E-state index < -0.39 is 0 Å². The molecule has 0 fully saturated rings. The second-order valence-corrected chi connectivity index (χ2v) is 4.00. The van der Waals surface area contributed by atoms with Crippen LogP contribution in [-0.4, -0.2) is 5.05 Å². The first-order chi connectivity index (χ1) is 6.86. The zero-order valence-electron chi connectivity index (χ0n) is 7.34. The number of para-hydroxylation sites is 1. The molecule has 0 N–H and O–H groups in total. The minimum atomic E-state index is 0.534. The molecule has 0 amide bonds. The fourth-order valence-electron chi connectivity index (χ4n) is 1.04. The summed E-state index contributed by atoms with van der Waals surface area (Å²) in [6, 6.07) is 13.5. The minimum absolute atomic E-state index is 0.534. The number of thiocarbonyl (C=S) groups is 1. The summed E-state index contributed by atoms with van der Waals surface area (Å²) < 4.78 is 5.50. The molecule has 0 unspecified atom stereocenters. The molecule has 0 saturated heterocycles. The van der Waals surface area contributed by atoms with E-state index in [-0.39, 0.29) is 0 Å². The van der Waals surface area contributed by atoms with Crippen molar-refractivity contribution < 1.29 is 4.74 Å². The lowest BCUT2D eigenvalue weighted by Crippen LogP contribution is -2.04. The SMILES string of the molecule is S=C(Oc1ccccc1)c1cccs1. The minimum Gasteiger partial charge on any atom is -0.444 e. The van der Waals surface area contributed by atoms with Crippen LogP contribution in [0.25, 0.3) is 0 Å². The zero-order chi connectivity index (χ0) is 9.80. The summed E-state index contributed by atoms with van der Waals surface area (Å²) in [5, 5.41) is 2.52. The lowest BCUT2D eigenvalue weighted by atomic mass is 10.3. The second kappa shape index (κ2) is 4.35. The standard InChI is InChI=1S/C11H8OS2/c13-11(10-7-4-8-14-10)12-9-5-2-1-3-6-9/h1-8H. The maximum Gasteiger partial charge on any atom is 0.207 e. The van der Waals surface area contributed by atoms with E-state index in [9.17, 15) is 0 Å². The Bertz CT molecular complexity index is 406. The summed E-state index contributed by atoms with van der Waals surface area (Å²) in [6.07, 6.45) is 0. The van der Waals surface area contributed by atoms with Gasteiger partial charge in [0.15, 0.2) is 0 Å². The lowest BCUT2D eigenvalue weighted by molar-refractivity contribution is 0.568. The molecule has 1 aromatic carbocycles. The number of rotatable bonds is 2. The van der Waals surface area contributed by atoms with Crippen molar-refractivity contribution >= 4 is 28.6 Å². The molecular formula is C11H8OS2. The van der Waals surface area contributed by atoms with Crippen LogP contribution >= 0.6 is 23.6 Å². The Morgan fingerprint density at radius 3 is 2.50 bits per heavy atom. The molecule has 70 valence electrons. The molecule has 2 aromatic rings. The van der Waals surface area contributed by atoms with E-state index in [0.717, 1.165) is 10.6 Å². The first-order valence-electron chi connectivity index (χ1n) is 4.17. The molecule has 3 heteroatoms. The van der Waals surface area contributed by atoms with Crippen LogP contribution in [-0.2, 0) is 0 Å². The van der Waals surface area contributed by atoms with E-state index in [2.05, 4.69) is 0 Å². The predicted molar refractivity (Wildman–Crippen MR) is 63.1 cm³/mol. The largest absolute Gasteiger partial charge is 0.444 e. The second-order valence-electron chi connectivity index (χ2n) is 2.68. The van der Waals surface area contributed by atoms with Gasteiger partial charge in [-0.25, -0.2) is 0 Å². The van der Waals surface area contributed by atoms with Crippen LogP contribution in [0.2, 0.25) is 0 Å². The summed E-state index contributed by atoms with van der Waals surface area (Å²) in [5.41, 5.74) is 0. The molecule has 0 aliphatic rings. The maximum absolute atomic E-state index is 5.50. The third-order valence-electron chi connectivity index (χ3n) is 1.68. The molecule has 1 nitrogen and oxygen atoms in total. The van der Waals surface area contributed by atoms with Gasteiger partial charge in [0.2, 0.25) is 5.05 Å². The molecule has 0 radical (unpaired) electrons. The van der Waals surface area contributed by atoms with Crippen LogP contribution < -0.4 is 4.74 Å². The summed E-state index contributed by atoms with van der Waals surface area (Å²) in [7, 11) is 0. The van der Waals surface area contributed by atoms with E-state index in [4.69, 9.17) is 17.0 Å². The Kier molecular flexibility index (Phi) is 2.91. The van der Waals surface area contributed by atoms with Gasteiger partial charge in [0, 0.05) is 0 Å². The monoisotopic (exact) mass is 220 g/mol. The van der Waals surface area contributed by atoms with Gasteiger partial charge in [-0.05, 0) is 35.8 Å². The Morgan fingerprint density at radius 1 is 1.07 bits per heavy atom. The van der Waals surface area contributed by atoms with E-state index in [1.54, 1.807) is 11.3 Å². The fourth-order valence-corrected chi connectivity index (χ4v) is 1.95. The van der Waals surface area contributed by atoms with Crippen LogP contribution in [0, 0.1) is 0 Å². The van der Waals surface area contributed by atoms with E-state index in [1.807, 2.05) is 47.8 Å². The molecule has 0 spiro atoms. The van der Waals surface area contributed by atoms with Gasteiger partial charge >= 0.3 is 0 Å². The first-order valence-corrected chi connectivity index (χ1v) is 5.46. The molecule has 14 heavy (non-hydrogen) atoms. The maximum atomic E-state index is 5.50. The predicted octanol–water partition coefficient (Wildman–Crippen LogP) is 3.50. The number of benzene rings is 1. The van der Waals surface area contributed by atoms with Crippen molar-refractivity contribution in [3.05, 3.63) is 52.7 Å². The summed E-state index contributed by atoms with van der Waals surface area (Å²) in [4.78, 5) is 0.990. The number of thiophene rings is 1. The Hall–Kier alpha value is -1.19. The quantitative estimate of drug-likeness (QED) is 0.716. The van der Waals surface area contributed by atoms with Crippen molar-refractivity contribution in [3.63, 3.8) is 0 Å². The van der Waals surface area contributed by atoms with Gasteiger partial charge in [0.05, 0.1) is 4.88 Å².